The molecule has 0 unspecified atom stereocenters. The summed E-state index contributed by atoms with van der Waals surface area (Å²) in [4.78, 5) is 10.0. The van der Waals surface area contributed by atoms with Crippen molar-refractivity contribution in [2.75, 3.05) is 0 Å². The Morgan fingerprint density at radius 1 is 1.46 bits per heavy atom. The molecule has 0 bridgehead atoms. The second-order valence-electron chi connectivity index (χ2n) is 2.81. The lowest BCUT2D eigenvalue weighted by Gasteiger charge is -1.97. The van der Waals surface area contributed by atoms with Gasteiger partial charge in [-0.3, -0.25) is 0 Å². The van der Waals surface area contributed by atoms with Crippen LogP contribution >= 0.6 is 0 Å². The molecule has 0 radical (unpaired) electrons. The maximum atomic E-state index is 12.8. The van der Waals surface area contributed by atoms with E-state index in [-0.39, 0.29) is 5.82 Å². The number of carbonyl (C=O) groups is 1. The van der Waals surface area contributed by atoms with Crippen molar-refractivity contribution in [1.29, 1.82) is 0 Å². The summed E-state index contributed by atoms with van der Waals surface area (Å²) in [5, 5.41) is 0. The first-order chi connectivity index (χ1) is 6.24. The predicted octanol–water partition coefficient (Wildman–Crippen LogP) is 2.74. The molecule has 1 nitrogen and oxygen atoms in total. The van der Waals surface area contributed by atoms with Gasteiger partial charge in [0.15, 0.2) is 0 Å². The number of halogens is 1. The third kappa shape index (κ3) is 2.82. The Labute approximate surface area is 76.9 Å². The van der Waals surface area contributed by atoms with Crippen molar-refractivity contribution in [3.8, 4) is 0 Å². The van der Waals surface area contributed by atoms with Gasteiger partial charge in [-0.05, 0) is 30.2 Å². The van der Waals surface area contributed by atoms with Gasteiger partial charge in [-0.15, -0.1) is 0 Å². The molecule has 0 spiro atoms. The van der Waals surface area contributed by atoms with Gasteiger partial charge in [-0.25, -0.2) is 4.39 Å². The molecule has 1 rings (SSSR count). The normalized spacial score (nSPS) is 10.6. The molecule has 0 saturated heterocycles. The molecule has 0 aromatic heterocycles. The second-order valence-corrected chi connectivity index (χ2v) is 2.81. The smallest absolute Gasteiger partial charge is 0.126 e. The van der Waals surface area contributed by atoms with E-state index >= 15 is 0 Å². The van der Waals surface area contributed by atoms with Crippen molar-refractivity contribution in [2.24, 2.45) is 0 Å². The zero-order valence-corrected chi connectivity index (χ0v) is 7.46. The van der Waals surface area contributed by atoms with E-state index < -0.39 is 0 Å². The van der Waals surface area contributed by atoms with E-state index in [4.69, 9.17) is 0 Å². The van der Waals surface area contributed by atoms with Gasteiger partial charge in [0, 0.05) is 6.42 Å². The highest BCUT2D eigenvalue weighted by atomic mass is 19.1. The van der Waals surface area contributed by atoms with Crippen LogP contribution in [0.15, 0.2) is 24.3 Å². The van der Waals surface area contributed by atoms with Crippen LogP contribution in [-0.4, -0.2) is 6.29 Å². The maximum Gasteiger partial charge on any atom is 0.126 e. The summed E-state index contributed by atoms with van der Waals surface area (Å²) >= 11 is 0. The van der Waals surface area contributed by atoms with Crippen LogP contribution in [0.2, 0.25) is 0 Å². The van der Waals surface area contributed by atoms with Gasteiger partial charge in [0.1, 0.15) is 12.1 Å². The molecule has 0 heterocycles. The van der Waals surface area contributed by atoms with Crippen molar-refractivity contribution >= 4 is 12.4 Å². The Kier molecular flexibility index (Phi) is 3.38. The molecule has 0 fully saturated rings. The molecular formula is C11H11FO. The van der Waals surface area contributed by atoms with Crippen LogP contribution in [0.3, 0.4) is 0 Å². The zero-order chi connectivity index (χ0) is 9.68. The maximum absolute atomic E-state index is 12.8. The minimum atomic E-state index is -0.201. The first-order valence-corrected chi connectivity index (χ1v) is 4.10. The standard InChI is InChI=1S/C11H11FO/c1-9-8-10(4-2-3-7-13)5-6-11(9)12/h2,4-8H,3H2,1H3/b4-2+. The van der Waals surface area contributed by atoms with E-state index in [2.05, 4.69) is 0 Å². The average Bonchev–Trinajstić information content (AvgIpc) is 2.12. The molecule has 0 saturated carbocycles. The molecule has 1 aromatic rings. The summed E-state index contributed by atoms with van der Waals surface area (Å²) in [5.74, 6) is -0.201. The van der Waals surface area contributed by atoms with Crippen molar-refractivity contribution < 1.29 is 9.18 Å². The number of hydrogen-bond donors (Lipinski definition) is 0. The Balaban J connectivity index is 2.79. The first-order valence-electron chi connectivity index (χ1n) is 4.10. The lowest BCUT2D eigenvalue weighted by atomic mass is 10.1. The van der Waals surface area contributed by atoms with Crippen LogP contribution in [-0.2, 0) is 4.79 Å². The van der Waals surface area contributed by atoms with Gasteiger partial charge in [0.2, 0.25) is 0 Å². The minimum Gasteiger partial charge on any atom is -0.303 e. The third-order valence-electron chi connectivity index (χ3n) is 1.72. The number of allylic oxidation sites excluding steroid dienone is 1. The summed E-state index contributed by atoms with van der Waals surface area (Å²) < 4.78 is 12.8. The van der Waals surface area contributed by atoms with Crippen molar-refractivity contribution in [2.45, 2.75) is 13.3 Å². The van der Waals surface area contributed by atoms with E-state index in [9.17, 15) is 9.18 Å². The highest BCUT2D eigenvalue weighted by Crippen LogP contribution is 2.10. The van der Waals surface area contributed by atoms with E-state index in [1.165, 1.54) is 6.07 Å². The summed E-state index contributed by atoms with van der Waals surface area (Å²) in [5.41, 5.74) is 1.54. The van der Waals surface area contributed by atoms with Crippen LogP contribution in [0, 0.1) is 12.7 Å². The van der Waals surface area contributed by atoms with Crippen LogP contribution in [0.5, 0.6) is 0 Å². The fourth-order valence-corrected chi connectivity index (χ4v) is 1.03. The van der Waals surface area contributed by atoms with Gasteiger partial charge in [0.05, 0.1) is 0 Å². The van der Waals surface area contributed by atoms with Gasteiger partial charge >= 0.3 is 0 Å². The summed E-state index contributed by atoms with van der Waals surface area (Å²) in [6, 6.07) is 4.86. The molecule has 0 aliphatic rings. The van der Waals surface area contributed by atoms with Crippen LogP contribution in [0.4, 0.5) is 4.39 Å². The molecule has 0 atom stereocenters. The number of benzene rings is 1. The Morgan fingerprint density at radius 2 is 2.23 bits per heavy atom. The molecule has 1 aromatic carbocycles. The van der Waals surface area contributed by atoms with Crippen LogP contribution < -0.4 is 0 Å². The van der Waals surface area contributed by atoms with Gasteiger partial charge in [-0.2, -0.15) is 0 Å². The van der Waals surface area contributed by atoms with E-state index in [1.54, 1.807) is 31.2 Å². The number of aryl methyl sites for hydroxylation is 1. The molecular weight excluding hydrogens is 167 g/mol. The van der Waals surface area contributed by atoms with Gasteiger partial charge in [-0.1, -0.05) is 18.2 Å². The highest BCUT2D eigenvalue weighted by molar-refractivity contribution is 5.58. The molecule has 0 aliphatic heterocycles. The number of aldehydes is 1. The summed E-state index contributed by atoms with van der Waals surface area (Å²) in [7, 11) is 0. The monoisotopic (exact) mass is 178 g/mol. The molecule has 13 heavy (non-hydrogen) atoms. The lowest BCUT2D eigenvalue weighted by Crippen LogP contribution is -1.82. The van der Waals surface area contributed by atoms with E-state index in [1.807, 2.05) is 0 Å². The molecule has 0 amide bonds. The van der Waals surface area contributed by atoms with Crippen LogP contribution in [0.25, 0.3) is 6.08 Å². The zero-order valence-electron chi connectivity index (χ0n) is 7.46. The van der Waals surface area contributed by atoms with Crippen molar-refractivity contribution in [3.05, 3.63) is 41.2 Å². The largest absolute Gasteiger partial charge is 0.303 e. The van der Waals surface area contributed by atoms with Gasteiger partial charge in [0.25, 0.3) is 0 Å². The van der Waals surface area contributed by atoms with Gasteiger partial charge < -0.3 is 4.79 Å². The number of carbonyl (C=O) groups excluding carboxylic acids is 1. The lowest BCUT2D eigenvalue weighted by molar-refractivity contribution is -0.107. The molecule has 68 valence electrons. The summed E-state index contributed by atoms with van der Waals surface area (Å²) in [6.45, 7) is 1.71. The van der Waals surface area contributed by atoms with E-state index in [0.29, 0.717) is 12.0 Å². The Morgan fingerprint density at radius 3 is 2.85 bits per heavy atom. The highest BCUT2D eigenvalue weighted by Gasteiger charge is 1.95. The molecule has 2 heteroatoms. The van der Waals surface area contributed by atoms with Crippen LogP contribution in [0.1, 0.15) is 17.5 Å². The predicted molar refractivity (Wildman–Crippen MR) is 50.9 cm³/mol. The van der Waals surface area contributed by atoms with E-state index in [0.717, 1.165) is 11.8 Å². The van der Waals surface area contributed by atoms with Crippen molar-refractivity contribution in [3.63, 3.8) is 0 Å². The SMILES string of the molecule is Cc1cc(/C=C/CC=O)ccc1F. The fourth-order valence-electron chi connectivity index (χ4n) is 1.03. The fraction of sp³-hybridized carbons (Fsp3) is 0.182. The third-order valence-corrected chi connectivity index (χ3v) is 1.72. The Bertz CT molecular complexity index is 329. The first kappa shape index (κ1) is 9.65. The second kappa shape index (κ2) is 4.55. The summed E-state index contributed by atoms with van der Waals surface area (Å²) in [6.07, 6.45) is 4.78. The Hall–Kier alpha value is -1.44. The number of rotatable bonds is 3. The van der Waals surface area contributed by atoms with Crippen molar-refractivity contribution in [1.82, 2.24) is 0 Å². The topological polar surface area (TPSA) is 17.1 Å². The average molecular weight is 178 g/mol. The molecule has 0 aliphatic carbocycles. The minimum absolute atomic E-state index is 0.201. The molecule has 0 N–H and O–H groups in total. The number of hydrogen-bond acceptors (Lipinski definition) is 1. The quantitative estimate of drug-likeness (QED) is 0.650.